The number of sulfonamides is 1. The summed E-state index contributed by atoms with van der Waals surface area (Å²) in [6.07, 6.45) is 0.181. The number of nitrogens with one attached hydrogen (secondary N) is 2. The molecule has 0 aromatic heterocycles. The number of carbonyl (C=O) groups is 1. The first kappa shape index (κ1) is 24.8. The zero-order valence-electron chi connectivity index (χ0n) is 19.2. The summed E-state index contributed by atoms with van der Waals surface area (Å²) in [5.74, 6) is -0.630. The number of ether oxygens (including phenoxy) is 1. The molecule has 1 fully saturated rings. The minimum absolute atomic E-state index is 0.0310. The van der Waals surface area contributed by atoms with E-state index >= 15 is 0 Å². The minimum Gasteiger partial charge on any atom is -0.379 e. The van der Waals surface area contributed by atoms with Crippen molar-refractivity contribution in [2.75, 3.05) is 31.0 Å². The van der Waals surface area contributed by atoms with Gasteiger partial charge in [0.15, 0.2) is 0 Å². The van der Waals surface area contributed by atoms with E-state index in [1.807, 2.05) is 12.1 Å². The molecule has 184 valence electrons. The maximum atomic E-state index is 13.0. The van der Waals surface area contributed by atoms with Crippen LogP contribution in [0.25, 0.3) is 0 Å². The molecule has 3 aromatic rings. The Morgan fingerprint density at radius 1 is 0.857 bits per heavy atom. The first-order valence-electron chi connectivity index (χ1n) is 11.4. The summed E-state index contributed by atoms with van der Waals surface area (Å²) in [6, 6.07) is 19.4. The largest absolute Gasteiger partial charge is 0.379 e. The minimum atomic E-state index is -3.82. The molecular formula is C26H28FN3O4S. The Labute approximate surface area is 205 Å². The van der Waals surface area contributed by atoms with E-state index in [1.165, 1.54) is 17.7 Å². The van der Waals surface area contributed by atoms with Crippen molar-refractivity contribution >= 4 is 21.6 Å². The third-order valence-corrected chi connectivity index (χ3v) is 7.11. The van der Waals surface area contributed by atoms with Crippen LogP contribution in [-0.4, -0.2) is 45.5 Å². The zero-order chi connectivity index (χ0) is 24.7. The molecule has 0 aliphatic carbocycles. The van der Waals surface area contributed by atoms with Gasteiger partial charge in [0.2, 0.25) is 5.91 Å². The Morgan fingerprint density at radius 2 is 1.46 bits per heavy atom. The highest BCUT2D eigenvalue weighted by atomic mass is 32.2. The number of benzene rings is 3. The molecule has 0 radical (unpaired) electrons. The van der Waals surface area contributed by atoms with E-state index in [0.29, 0.717) is 12.2 Å². The SMILES string of the molecule is O=C(Cc1ccc(NS(=O)(=O)c2ccc(F)cc2)cc1)NCc1ccc(CN2CCOCC2)cc1. The van der Waals surface area contributed by atoms with Gasteiger partial charge in [-0.15, -0.1) is 0 Å². The van der Waals surface area contributed by atoms with E-state index < -0.39 is 15.8 Å². The average Bonchev–Trinajstić information content (AvgIpc) is 2.86. The van der Waals surface area contributed by atoms with Crippen LogP contribution in [0.1, 0.15) is 16.7 Å². The quantitative estimate of drug-likeness (QED) is 0.474. The fraction of sp³-hybridized carbons (Fsp3) is 0.269. The Kier molecular flexibility index (Phi) is 8.12. The van der Waals surface area contributed by atoms with Gasteiger partial charge in [0.05, 0.1) is 24.5 Å². The molecule has 1 aliphatic rings. The van der Waals surface area contributed by atoms with Crippen molar-refractivity contribution in [2.45, 2.75) is 24.4 Å². The normalized spacial score (nSPS) is 14.4. The molecule has 9 heteroatoms. The molecule has 2 N–H and O–H groups in total. The lowest BCUT2D eigenvalue weighted by molar-refractivity contribution is -0.120. The third-order valence-electron chi connectivity index (χ3n) is 5.72. The van der Waals surface area contributed by atoms with Crippen molar-refractivity contribution in [1.82, 2.24) is 10.2 Å². The Balaban J connectivity index is 1.24. The van der Waals surface area contributed by atoms with Crippen LogP contribution in [0.15, 0.2) is 77.7 Å². The number of hydrogen-bond acceptors (Lipinski definition) is 5. The van der Waals surface area contributed by atoms with Gasteiger partial charge in [-0.2, -0.15) is 0 Å². The van der Waals surface area contributed by atoms with Gasteiger partial charge in [0, 0.05) is 31.9 Å². The molecule has 0 saturated carbocycles. The fourth-order valence-corrected chi connectivity index (χ4v) is 4.81. The molecule has 35 heavy (non-hydrogen) atoms. The monoisotopic (exact) mass is 497 g/mol. The van der Waals surface area contributed by atoms with Gasteiger partial charge in [0.25, 0.3) is 10.0 Å². The average molecular weight is 498 g/mol. The number of hydrogen-bond donors (Lipinski definition) is 2. The number of halogens is 1. The van der Waals surface area contributed by atoms with Gasteiger partial charge < -0.3 is 10.1 Å². The summed E-state index contributed by atoms with van der Waals surface area (Å²) < 4.78 is 45.7. The molecule has 1 heterocycles. The van der Waals surface area contributed by atoms with Crippen molar-refractivity contribution in [1.29, 1.82) is 0 Å². The number of nitrogens with zero attached hydrogens (tertiary/aromatic N) is 1. The van der Waals surface area contributed by atoms with Crippen LogP contribution >= 0.6 is 0 Å². The predicted octanol–water partition coefficient (Wildman–Crippen LogP) is 3.32. The number of amides is 1. The molecule has 1 aliphatic heterocycles. The second kappa shape index (κ2) is 11.4. The van der Waals surface area contributed by atoms with Crippen LogP contribution in [0.4, 0.5) is 10.1 Å². The second-order valence-electron chi connectivity index (χ2n) is 8.41. The van der Waals surface area contributed by atoms with E-state index in [-0.39, 0.29) is 17.2 Å². The summed E-state index contributed by atoms with van der Waals surface area (Å²) in [6.45, 7) is 4.77. The van der Waals surface area contributed by atoms with Gasteiger partial charge in [-0.1, -0.05) is 36.4 Å². The maximum absolute atomic E-state index is 13.0. The van der Waals surface area contributed by atoms with Gasteiger partial charge in [0.1, 0.15) is 5.82 Å². The molecule has 3 aromatic carbocycles. The van der Waals surface area contributed by atoms with Gasteiger partial charge >= 0.3 is 0 Å². The topological polar surface area (TPSA) is 87.7 Å². The first-order chi connectivity index (χ1) is 16.9. The van der Waals surface area contributed by atoms with Gasteiger partial charge in [-0.3, -0.25) is 14.4 Å². The van der Waals surface area contributed by atoms with E-state index in [1.54, 1.807) is 24.3 Å². The highest BCUT2D eigenvalue weighted by molar-refractivity contribution is 7.92. The Hall–Kier alpha value is -3.27. The van der Waals surface area contributed by atoms with Crippen molar-refractivity contribution in [2.24, 2.45) is 0 Å². The van der Waals surface area contributed by atoms with Crippen molar-refractivity contribution in [3.63, 3.8) is 0 Å². The predicted molar refractivity (Wildman–Crippen MR) is 132 cm³/mol. The van der Waals surface area contributed by atoms with Crippen LogP contribution in [0.5, 0.6) is 0 Å². The molecule has 1 saturated heterocycles. The maximum Gasteiger partial charge on any atom is 0.261 e. The summed E-state index contributed by atoms with van der Waals surface area (Å²) in [5, 5.41) is 2.92. The van der Waals surface area contributed by atoms with Gasteiger partial charge in [-0.05, 0) is 53.1 Å². The molecule has 7 nitrogen and oxygen atoms in total. The van der Waals surface area contributed by atoms with E-state index in [9.17, 15) is 17.6 Å². The molecule has 0 unspecified atom stereocenters. The molecule has 0 spiro atoms. The Bertz CT molecular complexity index is 1230. The lowest BCUT2D eigenvalue weighted by Crippen LogP contribution is -2.35. The van der Waals surface area contributed by atoms with E-state index in [0.717, 1.165) is 56.1 Å². The Morgan fingerprint density at radius 3 is 2.11 bits per heavy atom. The standard InChI is InChI=1S/C26H28FN3O4S/c27-23-7-11-25(12-8-23)35(32,33)29-24-9-5-20(6-10-24)17-26(31)28-18-21-1-3-22(4-2-21)19-30-13-15-34-16-14-30/h1-12,29H,13-19H2,(H,28,31). The lowest BCUT2D eigenvalue weighted by Gasteiger charge is -2.26. The van der Waals surface area contributed by atoms with E-state index in [4.69, 9.17) is 4.74 Å². The molecule has 4 rings (SSSR count). The van der Waals surface area contributed by atoms with Crippen LogP contribution in [0, 0.1) is 5.82 Å². The first-order valence-corrected chi connectivity index (χ1v) is 12.9. The highest BCUT2D eigenvalue weighted by Gasteiger charge is 2.14. The summed E-state index contributed by atoms with van der Waals surface area (Å²) >= 11 is 0. The molecule has 0 atom stereocenters. The fourth-order valence-electron chi connectivity index (χ4n) is 3.75. The number of rotatable bonds is 9. The summed E-state index contributed by atoms with van der Waals surface area (Å²) in [4.78, 5) is 14.7. The smallest absolute Gasteiger partial charge is 0.261 e. The van der Waals surface area contributed by atoms with Crippen LogP contribution in [0.3, 0.4) is 0 Å². The number of carbonyl (C=O) groups excluding carboxylic acids is 1. The van der Waals surface area contributed by atoms with Crippen LogP contribution in [0.2, 0.25) is 0 Å². The molecule has 1 amide bonds. The van der Waals surface area contributed by atoms with Crippen LogP contribution in [-0.2, 0) is 39.1 Å². The van der Waals surface area contributed by atoms with E-state index in [2.05, 4.69) is 27.1 Å². The van der Waals surface area contributed by atoms with Crippen molar-refractivity contribution in [3.05, 3.63) is 95.3 Å². The molecular weight excluding hydrogens is 469 g/mol. The highest BCUT2D eigenvalue weighted by Crippen LogP contribution is 2.17. The molecule has 0 bridgehead atoms. The zero-order valence-corrected chi connectivity index (χ0v) is 20.1. The summed E-state index contributed by atoms with van der Waals surface area (Å²) in [5.41, 5.74) is 3.37. The lowest BCUT2D eigenvalue weighted by atomic mass is 10.1. The third kappa shape index (κ3) is 7.35. The number of morpholine rings is 1. The van der Waals surface area contributed by atoms with Crippen molar-refractivity contribution < 1.29 is 22.3 Å². The summed E-state index contributed by atoms with van der Waals surface area (Å²) in [7, 11) is -3.82. The van der Waals surface area contributed by atoms with Gasteiger partial charge in [-0.25, -0.2) is 12.8 Å². The van der Waals surface area contributed by atoms with Crippen molar-refractivity contribution in [3.8, 4) is 0 Å². The van der Waals surface area contributed by atoms with Crippen LogP contribution < -0.4 is 10.0 Å². The number of anilines is 1. The second-order valence-corrected chi connectivity index (χ2v) is 10.1.